The van der Waals surface area contributed by atoms with Crippen molar-refractivity contribution in [3.8, 4) is 0 Å². The molecule has 1 fully saturated rings. The highest BCUT2D eigenvalue weighted by atomic mass is 16.5. The van der Waals surface area contributed by atoms with E-state index in [1.54, 1.807) is 0 Å². The van der Waals surface area contributed by atoms with Gasteiger partial charge in [0, 0.05) is 13.1 Å². The minimum absolute atomic E-state index is 0.148. The lowest BCUT2D eigenvalue weighted by atomic mass is 9.81. The van der Waals surface area contributed by atoms with Crippen LogP contribution in [-0.2, 0) is 27.5 Å². The van der Waals surface area contributed by atoms with Gasteiger partial charge in [-0.1, -0.05) is 60.7 Å². The Balaban J connectivity index is 1.50. The number of carbonyl (C=O) groups is 1. The molecule has 2 aliphatic rings. The van der Waals surface area contributed by atoms with Crippen LogP contribution in [-0.4, -0.2) is 37.5 Å². The molecule has 1 N–H and O–H groups in total. The maximum absolute atomic E-state index is 13.4. The standard InChI is InChI=1S/C27H32N2O3/c1-28-14-8-15-29-16-13-27(26(29)30)18-24(31-20-22-9-4-2-5-10-22)17-25(19-27)32-21-23-11-6-3-7-12-23/h2-7,9-12,18-19,28H,8,13-17,20-21H2,1H3. The predicted molar refractivity (Wildman–Crippen MR) is 125 cm³/mol. The summed E-state index contributed by atoms with van der Waals surface area (Å²) in [6.07, 6.45) is 6.33. The first-order chi connectivity index (χ1) is 15.7. The Labute approximate surface area is 190 Å². The number of amides is 1. The summed E-state index contributed by atoms with van der Waals surface area (Å²) in [4.78, 5) is 15.4. The number of rotatable bonds is 10. The van der Waals surface area contributed by atoms with E-state index < -0.39 is 5.41 Å². The van der Waals surface area contributed by atoms with E-state index in [-0.39, 0.29) is 5.91 Å². The lowest BCUT2D eigenvalue weighted by Gasteiger charge is -2.28. The molecule has 2 aromatic rings. The molecule has 5 heteroatoms. The molecule has 1 aliphatic carbocycles. The third-order valence-corrected chi connectivity index (χ3v) is 6.06. The molecule has 1 heterocycles. The molecule has 0 unspecified atom stereocenters. The van der Waals surface area contributed by atoms with Crippen molar-refractivity contribution in [3.05, 3.63) is 95.5 Å². The number of nitrogens with zero attached hydrogens (tertiary/aromatic N) is 1. The highest BCUT2D eigenvalue weighted by Gasteiger charge is 2.46. The molecule has 0 aromatic heterocycles. The van der Waals surface area contributed by atoms with Crippen LogP contribution in [0.2, 0.25) is 0 Å². The number of nitrogens with one attached hydrogen (secondary N) is 1. The number of carbonyl (C=O) groups excluding carboxylic acids is 1. The predicted octanol–water partition coefficient (Wildman–Crippen LogP) is 4.42. The maximum Gasteiger partial charge on any atom is 0.236 e. The second-order valence-corrected chi connectivity index (χ2v) is 8.49. The summed E-state index contributed by atoms with van der Waals surface area (Å²) in [6.45, 7) is 3.39. The molecule has 5 nitrogen and oxygen atoms in total. The zero-order chi connectivity index (χ0) is 22.2. The normalized spacial score (nSPS) is 17.3. The van der Waals surface area contributed by atoms with Crippen molar-refractivity contribution >= 4 is 5.91 Å². The van der Waals surface area contributed by atoms with E-state index in [1.165, 1.54) is 0 Å². The van der Waals surface area contributed by atoms with Crippen LogP contribution < -0.4 is 5.32 Å². The van der Waals surface area contributed by atoms with Crippen molar-refractivity contribution in [3.63, 3.8) is 0 Å². The van der Waals surface area contributed by atoms with Gasteiger partial charge in [0.25, 0.3) is 0 Å². The second kappa shape index (κ2) is 10.5. The fourth-order valence-electron chi connectivity index (χ4n) is 4.33. The first-order valence-corrected chi connectivity index (χ1v) is 11.4. The molecule has 4 rings (SSSR count). The zero-order valence-electron chi connectivity index (χ0n) is 18.8. The van der Waals surface area contributed by atoms with Gasteiger partial charge in [0.15, 0.2) is 0 Å². The van der Waals surface area contributed by atoms with Crippen LogP contribution in [0.25, 0.3) is 0 Å². The van der Waals surface area contributed by atoms with Gasteiger partial charge < -0.3 is 19.7 Å². The molecule has 1 amide bonds. The van der Waals surface area contributed by atoms with Crippen molar-refractivity contribution in [2.45, 2.75) is 32.5 Å². The molecule has 168 valence electrons. The van der Waals surface area contributed by atoms with Gasteiger partial charge >= 0.3 is 0 Å². The molecule has 1 spiro atoms. The fourth-order valence-corrected chi connectivity index (χ4v) is 4.33. The van der Waals surface area contributed by atoms with Crippen LogP contribution in [0.1, 0.15) is 30.4 Å². The smallest absolute Gasteiger partial charge is 0.236 e. The molecule has 1 saturated heterocycles. The largest absolute Gasteiger partial charge is 0.493 e. The third kappa shape index (κ3) is 5.40. The summed E-state index contributed by atoms with van der Waals surface area (Å²) in [7, 11) is 1.94. The lowest BCUT2D eigenvalue weighted by Crippen LogP contribution is -2.35. The summed E-state index contributed by atoms with van der Waals surface area (Å²) in [5.74, 6) is 1.77. The van der Waals surface area contributed by atoms with Gasteiger partial charge in [-0.2, -0.15) is 0 Å². The minimum Gasteiger partial charge on any atom is -0.493 e. The molecule has 1 aliphatic heterocycles. The van der Waals surface area contributed by atoms with Crippen molar-refractivity contribution in [1.29, 1.82) is 0 Å². The van der Waals surface area contributed by atoms with Gasteiger partial charge in [-0.15, -0.1) is 0 Å². The van der Waals surface area contributed by atoms with E-state index in [9.17, 15) is 4.79 Å². The van der Waals surface area contributed by atoms with Gasteiger partial charge in [-0.25, -0.2) is 0 Å². The fraction of sp³-hybridized carbons (Fsp3) is 0.370. The molecule has 0 bridgehead atoms. The average molecular weight is 433 g/mol. The Morgan fingerprint density at radius 1 is 0.906 bits per heavy atom. The number of ether oxygens (including phenoxy) is 2. The SMILES string of the molecule is CNCCCN1CCC2(C=C(OCc3ccccc3)CC(OCc3ccccc3)=C2)C1=O. The Morgan fingerprint density at radius 3 is 2.00 bits per heavy atom. The number of hydrogen-bond acceptors (Lipinski definition) is 4. The van der Waals surface area contributed by atoms with Gasteiger partial charge in [0.1, 0.15) is 24.7 Å². The quantitative estimate of drug-likeness (QED) is 0.565. The number of likely N-dealkylation sites (tertiary alicyclic amines) is 1. The highest BCUT2D eigenvalue weighted by Crippen LogP contribution is 2.42. The van der Waals surface area contributed by atoms with Crippen LogP contribution in [0.3, 0.4) is 0 Å². The Morgan fingerprint density at radius 2 is 1.47 bits per heavy atom. The lowest BCUT2D eigenvalue weighted by molar-refractivity contribution is -0.132. The maximum atomic E-state index is 13.4. The van der Waals surface area contributed by atoms with Crippen molar-refractivity contribution in [1.82, 2.24) is 10.2 Å². The van der Waals surface area contributed by atoms with Crippen molar-refractivity contribution in [2.24, 2.45) is 5.41 Å². The number of benzene rings is 2. The zero-order valence-corrected chi connectivity index (χ0v) is 18.8. The van der Waals surface area contributed by atoms with Crippen molar-refractivity contribution < 1.29 is 14.3 Å². The average Bonchev–Trinajstić information content (AvgIpc) is 3.12. The van der Waals surface area contributed by atoms with Gasteiger partial charge in [-0.05, 0) is 49.7 Å². The summed E-state index contributed by atoms with van der Waals surface area (Å²) in [5, 5.41) is 3.15. The highest BCUT2D eigenvalue weighted by molar-refractivity contribution is 5.89. The van der Waals surface area contributed by atoms with Gasteiger partial charge in [-0.3, -0.25) is 4.79 Å². The first-order valence-electron chi connectivity index (χ1n) is 11.4. The van der Waals surface area contributed by atoms with E-state index in [4.69, 9.17) is 9.47 Å². The van der Waals surface area contributed by atoms with Crippen LogP contribution in [0.4, 0.5) is 0 Å². The summed E-state index contributed by atoms with van der Waals surface area (Å²) in [6, 6.07) is 20.2. The van der Waals surface area contributed by atoms with E-state index in [2.05, 4.69) is 5.32 Å². The molecule has 0 atom stereocenters. The van der Waals surface area contributed by atoms with Gasteiger partial charge in [0.2, 0.25) is 5.91 Å². The Kier molecular flexibility index (Phi) is 7.28. The molecule has 0 saturated carbocycles. The first kappa shape index (κ1) is 22.2. The summed E-state index contributed by atoms with van der Waals surface area (Å²) >= 11 is 0. The molecule has 0 radical (unpaired) electrons. The van der Waals surface area contributed by atoms with Crippen molar-refractivity contribution in [2.75, 3.05) is 26.7 Å². The van der Waals surface area contributed by atoms with Gasteiger partial charge in [0.05, 0.1) is 11.8 Å². The third-order valence-electron chi connectivity index (χ3n) is 6.06. The molecular formula is C27H32N2O3. The topological polar surface area (TPSA) is 50.8 Å². The molecule has 32 heavy (non-hydrogen) atoms. The Bertz CT molecular complexity index is 894. The number of hydrogen-bond donors (Lipinski definition) is 1. The van der Waals surface area contributed by atoms with E-state index in [1.807, 2.05) is 84.8 Å². The van der Waals surface area contributed by atoms with Crippen LogP contribution >= 0.6 is 0 Å². The van der Waals surface area contributed by atoms with E-state index in [0.717, 1.165) is 55.1 Å². The summed E-state index contributed by atoms with van der Waals surface area (Å²) < 4.78 is 12.4. The van der Waals surface area contributed by atoms with Crippen LogP contribution in [0.5, 0.6) is 0 Å². The summed E-state index contributed by atoms with van der Waals surface area (Å²) in [5.41, 5.74) is 1.54. The second-order valence-electron chi connectivity index (χ2n) is 8.49. The van der Waals surface area contributed by atoms with E-state index >= 15 is 0 Å². The van der Waals surface area contributed by atoms with E-state index in [0.29, 0.717) is 19.6 Å². The van der Waals surface area contributed by atoms with Crippen LogP contribution in [0.15, 0.2) is 84.3 Å². The van der Waals surface area contributed by atoms with Crippen LogP contribution in [0, 0.1) is 5.41 Å². The minimum atomic E-state index is -0.671. The molecule has 2 aromatic carbocycles. The monoisotopic (exact) mass is 432 g/mol. The Hall–Kier alpha value is -3.05. The molecular weight excluding hydrogens is 400 g/mol.